The predicted molar refractivity (Wildman–Crippen MR) is 60.9 cm³/mol. The highest BCUT2D eigenvalue weighted by Gasteiger charge is 2.45. The van der Waals surface area contributed by atoms with Gasteiger partial charge in [0.05, 0.1) is 12.2 Å². The summed E-state index contributed by atoms with van der Waals surface area (Å²) >= 11 is 0.462. The molecule has 0 bridgehead atoms. The standard InChI is InChI=1S/C10H20O7S/c1-5-7-9(13-4)10(15-18-17-16-11)8(12-3)6(2)14-7/h6-11H,5H2,1-4H3/p-1/t6-,7+,8?,9-,10?/m1/s1. The number of methoxy groups -OCH3 is 2. The van der Waals surface area contributed by atoms with Gasteiger partial charge in [-0.15, -0.1) is 4.33 Å². The average Bonchev–Trinajstić information content (AvgIpc) is 2.38. The Balaban J connectivity index is 2.72. The molecule has 1 saturated heterocycles. The van der Waals surface area contributed by atoms with Crippen molar-refractivity contribution in [2.24, 2.45) is 0 Å². The molecule has 0 aromatic heterocycles. The van der Waals surface area contributed by atoms with Gasteiger partial charge in [0, 0.05) is 14.2 Å². The van der Waals surface area contributed by atoms with Gasteiger partial charge in [-0.05, 0) is 13.3 Å². The van der Waals surface area contributed by atoms with Gasteiger partial charge in [0.2, 0.25) is 0 Å². The van der Waals surface area contributed by atoms with Gasteiger partial charge in [0.15, 0.2) is 12.3 Å². The molecule has 0 aromatic carbocycles. The van der Waals surface area contributed by atoms with Gasteiger partial charge in [-0.3, -0.25) is 9.22 Å². The summed E-state index contributed by atoms with van der Waals surface area (Å²) in [5, 5.41) is 13.0. The van der Waals surface area contributed by atoms with Crippen molar-refractivity contribution in [2.45, 2.75) is 50.8 Å². The Morgan fingerprint density at radius 3 is 2.33 bits per heavy atom. The molecule has 2 unspecified atom stereocenters. The van der Waals surface area contributed by atoms with Gasteiger partial charge >= 0.3 is 0 Å². The van der Waals surface area contributed by atoms with E-state index in [9.17, 15) is 5.26 Å². The minimum Gasteiger partial charge on any atom is -0.691 e. The van der Waals surface area contributed by atoms with E-state index in [1.807, 2.05) is 13.8 Å². The number of rotatable bonds is 7. The summed E-state index contributed by atoms with van der Waals surface area (Å²) in [5.41, 5.74) is 0. The van der Waals surface area contributed by atoms with Crippen molar-refractivity contribution in [3.63, 3.8) is 0 Å². The van der Waals surface area contributed by atoms with Crippen LogP contribution in [0.2, 0.25) is 0 Å². The predicted octanol–water partition coefficient (Wildman–Crippen LogP) is 0.386. The lowest BCUT2D eigenvalue weighted by Crippen LogP contribution is -2.58. The zero-order valence-electron chi connectivity index (χ0n) is 10.9. The molecule has 108 valence electrons. The lowest BCUT2D eigenvalue weighted by atomic mass is 9.94. The van der Waals surface area contributed by atoms with Crippen LogP contribution >= 0.6 is 12.3 Å². The molecular weight excluding hydrogens is 264 g/mol. The molecule has 1 aliphatic heterocycles. The summed E-state index contributed by atoms with van der Waals surface area (Å²) in [4.78, 5) is 0. The van der Waals surface area contributed by atoms with Crippen molar-refractivity contribution in [1.29, 1.82) is 0 Å². The maximum absolute atomic E-state index is 9.75. The van der Waals surface area contributed by atoms with Gasteiger partial charge in [-0.2, -0.15) is 0 Å². The van der Waals surface area contributed by atoms with Crippen molar-refractivity contribution >= 4 is 12.3 Å². The molecule has 0 spiro atoms. The molecule has 1 heterocycles. The van der Waals surface area contributed by atoms with Crippen molar-refractivity contribution in [3.8, 4) is 0 Å². The third-order valence-electron chi connectivity index (χ3n) is 3.02. The third-order valence-corrected chi connectivity index (χ3v) is 3.43. The van der Waals surface area contributed by atoms with Crippen LogP contribution in [0.25, 0.3) is 0 Å². The van der Waals surface area contributed by atoms with E-state index in [1.165, 1.54) is 0 Å². The van der Waals surface area contributed by atoms with Crippen LogP contribution in [0, 0.1) is 0 Å². The van der Waals surface area contributed by atoms with E-state index in [0.717, 1.165) is 6.42 Å². The lowest BCUT2D eigenvalue weighted by Gasteiger charge is -2.43. The Morgan fingerprint density at radius 2 is 1.83 bits per heavy atom. The van der Waals surface area contributed by atoms with E-state index in [1.54, 1.807) is 14.2 Å². The second-order valence-corrected chi connectivity index (χ2v) is 4.42. The molecular formula is C10H19O7S-. The Kier molecular flexibility index (Phi) is 7.42. The molecule has 0 amide bonds. The minimum atomic E-state index is -0.422. The molecule has 1 aliphatic rings. The van der Waals surface area contributed by atoms with Crippen LogP contribution in [0.4, 0.5) is 0 Å². The topological polar surface area (TPSA) is 78.4 Å². The minimum absolute atomic E-state index is 0.102. The molecule has 0 aromatic rings. The van der Waals surface area contributed by atoms with Gasteiger partial charge < -0.3 is 19.5 Å². The fourth-order valence-corrected chi connectivity index (χ4v) is 2.58. The largest absolute Gasteiger partial charge is 0.691 e. The van der Waals surface area contributed by atoms with E-state index < -0.39 is 6.10 Å². The maximum Gasteiger partial charge on any atom is 0.194 e. The van der Waals surface area contributed by atoms with Crippen LogP contribution in [0.15, 0.2) is 0 Å². The van der Waals surface area contributed by atoms with E-state index in [-0.39, 0.29) is 24.4 Å². The highest BCUT2D eigenvalue weighted by atomic mass is 32.2. The molecule has 0 N–H and O–H groups in total. The quantitative estimate of drug-likeness (QED) is 0.287. The van der Waals surface area contributed by atoms with Gasteiger partial charge in [-0.1, -0.05) is 6.92 Å². The number of hydrogen-bond donors (Lipinski definition) is 0. The summed E-state index contributed by atoms with van der Waals surface area (Å²) in [7, 11) is 3.14. The van der Waals surface area contributed by atoms with Crippen LogP contribution in [0.1, 0.15) is 20.3 Å². The van der Waals surface area contributed by atoms with Crippen molar-refractivity contribution < 1.29 is 33.0 Å². The summed E-state index contributed by atoms with van der Waals surface area (Å²) in [6.45, 7) is 3.90. The summed E-state index contributed by atoms with van der Waals surface area (Å²) in [6.07, 6.45) is -0.517. The van der Waals surface area contributed by atoms with E-state index in [2.05, 4.69) is 9.37 Å². The third kappa shape index (κ3) is 3.78. The molecule has 1 fully saturated rings. The SMILES string of the molecule is CC[C@@H]1O[C@H](C)C(OC)C(OSOO[O-])[C@@H]1OC. The highest BCUT2D eigenvalue weighted by molar-refractivity contribution is 7.89. The van der Waals surface area contributed by atoms with Crippen molar-refractivity contribution in [2.75, 3.05) is 14.2 Å². The average molecular weight is 283 g/mol. The Hall–Kier alpha value is 0.0700. The summed E-state index contributed by atoms with van der Waals surface area (Å²) in [5.74, 6) is 0. The Bertz CT molecular complexity index is 230. The molecule has 0 saturated carbocycles. The fraction of sp³-hybridized carbons (Fsp3) is 1.00. The van der Waals surface area contributed by atoms with E-state index in [0.29, 0.717) is 12.3 Å². The van der Waals surface area contributed by atoms with Crippen LogP contribution < -0.4 is 5.26 Å². The van der Waals surface area contributed by atoms with Crippen LogP contribution in [-0.2, 0) is 27.8 Å². The monoisotopic (exact) mass is 283 g/mol. The first-order valence-electron chi connectivity index (χ1n) is 5.69. The Labute approximate surface area is 111 Å². The molecule has 0 radical (unpaired) electrons. The van der Waals surface area contributed by atoms with Crippen LogP contribution in [0.5, 0.6) is 0 Å². The summed E-state index contributed by atoms with van der Waals surface area (Å²) < 4.78 is 26.0. The van der Waals surface area contributed by atoms with Gasteiger partial charge in [0.25, 0.3) is 0 Å². The summed E-state index contributed by atoms with van der Waals surface area (Å²) in [6, 6.07) is 0. The second-order valence-electron chi connectivity index (χ2n) is 3.95. The molecule has 5 atom stereocenters. The maximum atomic E-state index is 9.75. The van der Waals surface area contributed by atoms with Crippen LogP contribution in [0.3, 0.4) is 0 Å². The van der Waals surface area contributed by atoms with Crippen molar-refractivity contribution in [3.05, 3.63) is 0 Å². The lowest BCUT2D eigenvalue weighted by molar-refractivity contribution is -0.777. The first-order chi connectivity index (χ1) is 8.69. The number of ether oxygens (including phenoxy) is 3. The smallest absolute Gasteiger partial charge is 0.194 e. The number of hydrogen-bond acceptors (Lipinski definition) is 8. The molecule has 7 nitrogen and oxygen atoms in total. The van der Waals surface area contributed by atoms with Crippen LogP contribution in [-0.4, -0.2) is 44.7 Å². The normalized spacial score (nSPS) is 36.8. The first kappa shape index (κ1) is 16.1. The first-order valence-corrected chi connectivity index (χ1v) is 6.35. The van der Waals surface area contributed by atoms with Gasteiger partial charge in [0.1, 0.15) is 18.3 Å². The molecule has 0 aliphatic carbocycles. The zero-order valence-corrected chi connectivity index (χ0v) is 11.7. The Morgan fingerprint density at radius 1 is 1.17 bits per heavy atom. The van der Waals surface area contributed by atoms with Crippen molar-refractivity contribution in [1.82, 2.24) is 0 Å². The molecule has 8 heteroatoms. The van der Waals surface area contributed by atoms with Gasteiger partial charge in [-0.25, -0.2) is 0 Å². The molecule has 18 heavy (non-hydrogen) atoms. The van der Waals surface area contributed by atoms with E-state index in [4.69, 9.17) is 18.4 Å². The molecule has 1 rings (SSSR count). The fourth-order valence-electron chi connectivity index (χ4n) is 2.22. The zero-order chi connectivity index (χ0) is 13.5. The van der Waals surface area contributed by atoms with E-state index >= 15 is 0 Å². The second kappa shape index (κ2) is 8.28. The highest BCUT2D eigenvalue weighted by Crippen LogP contribution is 2.31.